The molecule has 0 atom stereocenters. The summed E-state index contributed by atoms with van der Waals surface area (Å²) in [6.45, 7) is 0.510. The van der Waals surface area contributed by atoms with Crippen LogP contribution in [0.2, 0.25) is 10.0 Å². The number of amides is 1. The van der Waals surface area contributed by atoms with Crippen molar-refractivity contribution in [3.05, 3.63) is 27.7 Å². The molecule has 0 spiro atoms. The van der Waals surface area contributed by atoms with Gasteiger partial charge in [0.1, 0.15) is 4.90 Å². The molecule has 1 aliphatic rings. The number of nitrogens with one attached hydrogen (secondary N) is 1. The fourth-order valence-electron chi connectivity index (χ4n) is 1.85. The lowest BCUT2D eigenvalue weighted by Gasteiger charge is -2.10. The zero-order chi connectivity index (χ0) is 14.9. The van der Waals surface area contributed by atoms with Crippen LogP contribution in [0.15, 0.2) is 17.0 Å². The van der Waals surface area contributed by atoms with E-state index in [1.165, 1.54) is 25.0 Å². The third kappa shape index (κ3) is 3.63. The summed E-state index contributed by atoms with van der Waals surface area (Å²) in [7, 11) is -4.00. The predicted molar refractivity (Wildman–Crippen MR) is 77.5 cm³/mol. The summed E-state index contributed by atoms with van der Waals surface area (Å²) in [5.41, 5.74) is -0.0596. The summed E-state index contributed by atoms with van der Waals surface area (Å²) in [6, 6.07) is 2.48. The summed E-state index contributed by atoms with van der Waals surface area (Å²) >= 11 is 11.9. The molecule has 0 radical (unpaired) electrons. The maximum absolute atomic E-state index is 12.1. The van der Waals surface area contributed by atoms with Gasteiger partial charge in [-0.05, 0) is 24.5 Å². The molecule has 1 aliphatic carbocycles. The summed E-state index contributed by atoms with van der Waals surface area (Å²) in [6.07, 6.45) is 3.28. The Bertz CT molecular complexity index is 642. The number of halogens is 2. The number of hydrogen-bond acceptors (Lipinski definition) is 3. The van der Waals surface area contributed by atoms with Crippen molar-refractivity contribution in [1.82, 2.24) is 5.32 Å². The van der Waals surface area contributed by atoms with E-state index >= 15 is 0 Å². The predicted octanol–water partition coefficient (Wildman–Crippen LogP) is 2.17. The molecule has 0 aliphatic heterocycles. The molecule has 3 N–H and O–H groups in total. The highest BCUT2D eigenvalue weighted by Crippen LogP contribution is 2.32. The molecular weight excluding hydrogens is 323 g/mol. The molecule has 110 valence electrons. The number of primary sulfonamides is 1. The van der Waals surface area contributed by atoms with E-state index in [-0.39, 0.29) is 20.5 Å². The molecule has 0 heterocycles. The number of carbonyl (C=O) groups excluding carboxylic acids is 1. The molecule has 5 nitrogen and oxygen atoms in total. The molecule has 0 saturated heterocycles. The van der Waals surface area contributed by atoms with Crippen LogP contribution in [-0.2, 0) is 10.0 Å². The van der Waals surface area contributed by atoms with Crippen LogP contribution < -0.4 is 10.5 Å². The van der Waals surface area contributed by atoms with Crippen LogP contribution in [0.4, 0.5) is 0 Å². The minimum absolute atomic E-state index is 0.0596. The molecule has 20 heavy (non-hydrogen) atoms. The minimum Gasteiger partial charge on any atom is -0.352 e. The molecule has 8 heteroatoms. The van der Waals surface area contributed by atoms with E-state index < -0.39 is 15.9 Å². The number of rotatable bonds is 5. The van der Waals surface area contributed by atoms with Crippen molar-refractivity contribution in [2.24, 2.45) is 11.1 Å². The van der Waals surface area contributed by atoms with Crippen LogP contribution >= 0.6 is 23.2 Å². The van der Waals surface area contributed by atoms with Gasteiger partial charge in [-0.2, -0.15) is 0 Å². The smallest absolute Gasteiger partial charge is 0.254 e. The first-order valence-electron chi connectivity index (χ1n) is 6.09. The number of carbonyl (C=O) groups is 1. The van der Waals surface area contributed by atoms with E-state index in [0.717, 1.165) is 6.42 Å². The average Bonchev–Trinajstić information content (AvgIpc) is 3.11. The van der Waals surface area contributed by atoms with Gasteiger partial charge in [-0.25, -0.2) is 13.6 Å². The first-order chi connectivity index (χ1) is 9.30. The quantitative estimate of drug-likeness (QED) is 0.863. The molecule has 1 amide bonds. The second-order valence-electron chi connectivity index (χ2n) is 4.77. The summed E-state index contributed by atoms with van der Waals surface area (Å²) in [5, 5.41) is 7.57. The summed E-state index contributed by atoms with van der Waals surface area (Å²) in [4.78, 5) is 11.7. The SMILES string of the molecule is NS(=O)(=O)c1ccc(Cl)c(C(=O)NCCC2CC2)c1Cl. The van der Waals surface area contributed by atoms with E-state index in [1.54, 1.807) is 0 Å². The van der Waals surface area contributed by atoms with E-state index in [2.05, 4.69) is 5.32 Å². The topological polar surface area (TPSA) is 89.3 Å². The molecule has 1 saturated carbocycles. The van der Waals surface area contributed by atoms with Crippen LogP contribution in [0.25, 0.3) is 0 Å². The van der Waals surface area contributed by atoms with Crippen LogP contribution in [0, 0.1) is 5.92 Å². The van der Waals surface area contributed by atoms with Crippen molar-refractivity contribution in [3.8, 4) is 0 Å². The molecule has 1 aromatic rings. The maximum atomic E-state index is 12.1. The summed E-state index contributed by atoms with van der Waals surface area (Å²) in [5.74, 6) is 0.183. The van der Waals surface area contributed by atoms with Gasteiger partial charge < -0.3 is 5.32 Å². The van der Waals surface area contributed by atoms with Gasteiger partial charge in [-0.1, -0.05) is 36.0 Å². The second-order valence-corrected chi connectivity index (χ2v) is 7.08. The largest absolute Gasteiger partial charge is 0.352 e. The Balaban J connectivity index is 2.22. The Morgan fingerprint density at radius 3 is 2.55 bits per heavy atom. The van der Waals surface area contributed by atoms with Crippen molar-refractivity contribution in [2.75, 3.05) is 6.54 Å². The Morgan fingerprint density at radius 2 is 2.00 bits per heavy atom. The normalized spacial score (nSPS) is 15.2. The van der Waals surface area contributed by atoms with Crippen molar-refractivity contribution in [3.63, 3.8) is 0 Å². The third-order valence-electron chi connectivity index (χ3n) is 3.12. The second kappa shape index (κ2) is 5.89. The van der Waals surface area contributed by atoms with E-state index in [0.29, 0.717) is 12.5 Å². The van der Waals surface area contributed by atoms with Gasteiger partial charge in [0.15, 0.2) is 0 Å². The van der Waals surface area contributed by atoms with Crippen molar-refractivity contribution in [1.29, 1.82) is 0 Å². The van der Waals surface area contributed by atoms with Crippen LogP contribution in [0.3, 0.4) is 0 Å². The Hall–Kier alpha value is -0.820. The van der Waals surface area contributed by atoms with Crippen molar-refractivity contribution in [2.45, 2.75) is 24.2 Å². The lowest BCUT2D eigenvalue weighted by atomic mass is 10.2. The van der Waals surface area contributed by atoms with E-state index in [1.807, 2.05) is 0 Å². The highest BCUT2D eigenvalue weighted by molar-refractivity contribution is 7.89. The summed E-state index contributed by atoms with van der Waals surface area (Å²) < 4.78 is 22.7. The van der Waals surface area contributed by atoms with Gasteiger partial charge in [0.2, 0.25) is 10.0 Å². The zero-order valence-corrected chi connectivity index (χ0v) is 12.9. The molecule has 1 fully saturated rings. The molecule has 0 bridgehead atoms. The zero-order valence-electron chi connectivity index (χ0n) is 10.5. The van der Waals surface area contributed by atoms with Gasteiger partial charge >= 0.3 is 0 Å². The Labute approximate surface area is 127 Å². The molecule has 0 unspecified atom stereocenters. The standard InChI is InChI=1S/C12H14Cl2N2O3S/c13-8-3-4-9(20(15,18)19)11(14)10(8)12(17)16-6-5-7-1-2-7/h3-4,7H,1-2,5-6H2,(H,16,17)(H2,15,18,19). The lowest BCUT2D eigenvalue weighted by molar-refractivity contribution is 0.0953. The van der Waals surface area contributed by atoms with Gasteiger partial charge in [0.05, 0.1) is 15.6 Å². The molecule has 0 aromatic heterocycles. The highest BCUT2D eigenvalue weighted by atomic mass is 35.5. The minimum atomic E-state index is -4.00. The molecule has 1 aromatic carbocycles. The van der Waals surface area contributed by atoms with Gasteiger partial charge in [-0.15, -0.1) is 0 Å². The van der Waals surface area contributed by atoms with Crippen molar-refractivity contribution < 1.29 is 13.2 Å². The van der Waals surface area contributed by atoms with E-state index in [9.17, 15) is 13.2 Å². The maximum Gasteiger partial charge on any atom is 0.254 e. The van der Waals surface area contributed by atoms with Gasteiger partial charge in [0, 0.05) is 6.54 Å². The molecule has 2 rings (SSSR count). The Morgan fingerprint density at radius 1 is 1.35 bits per heavy atom. The van der Waals surface area contributed by atoms with Gasteiger partial charge in [0.25, 0.3) is 5.91 Å². The first-order valence-corrected chi connectivity index (χ1v) is 8.40. The van der Waals surface area contributed by atoms with Gasteiger partial charge in [-0.3, -0.25) is 4.79 Å². The van der Waals surface area contributed by atoms with Crippen LogP contribution in [-0.4, -0.2) is 20.9 Å². The van der Waals surface area contributed by atoms with E-state index in [4.69, 9.17) is 28.3 Å². The number of benzene rings is 1. The number of sulfonamides is 1. The van der Waals surface area contributed by atoms with Crippen LogP contribution in [0.1, 0.15) is 29.6 Å². The first kappa shape index (κ1) is 15.6. The molecular formula is C12H14Cl2N2O3S. The van der Waals surface area contributed by atoms with Crippen LogP contribution in [0.5, 0.6) is 0 Å². The fraction of sp³-hybridized carbons (Fsp3) is 0.417. The highest BCUT2D eigenvalue weighted by Gasteiger charge is 2.24. The van der Waals surface area contributed by atoms with Crippen molar-refractivity contribution >= 4 is 39.1 Å². The fourth-order valence-corrected chi connectivity index (χ4v) is 3.32. The average molecular weight is 337 g/mol. The number of nitrogens with two attached hydrogens (primary N) is 1. The number of hydrogen-bond donors (Lipinski definition) is 2. The monoisotopic (exact) mass is 336 g/mol. The third-order valence-corrected chi connectivity index (χ3v) is 4.90. The Kier molecular flexibility index (Phi) is 4.59. The lowest BCUT2D eigenvalue weighted by Crippen LogP contribution is -2.26.